The van der Waals surface area contributed by atoms with Gasteiger partial charge in [0.05, 0.1) is 5.69 Å². The van der Waals surface area contributed by atoms with Crippen molar-refractivity contribution in [2.75, 3.05) is 6.54 Å². The lowest BCUT2D eigenvalue weighted by molar-refractivity contribution is -0.129. The Morgan fingerprint density at radius 1 is 1.08 bits per heavy atom. The molecule has 0 saturated carbocycles. The highest BCUT2D eigenvalue weighted by atomic mass is 16.2. The van der Waals surface area contributed by atoms with Crippen LogP contribution in [0.2, 0.25) is 0 Å². The van der Waals surface area contributed by atoms with Gasteiger partial charge >= 0.3 is 0 Å². The van der Waals surface area contributed by atoms with Gasteiger partial charge in [0.2, 0.25) is 5.91 Å². The van der Waals surface area contributed by atoms with E-state index in [9.17, 15) is 4.79 Å². The van der Waals surface area contributed by atoms with Crippen LogP contribution in [-0.2, 0) is 23.2 Å². The Labute approximate surface area is 147 Å². The Hall–Kier alpha value is -2.81. The zero-order valence-electron chi connectivity index (χ0n) is 14.3. The van der Waals surface area contributed by atoms with Crippen molar-refractivity contribution in [3.05, 3.63) is 83.1 Å². The number of rotatable bonds is 2. The smallest absolute Gasteiger partial charge is 0.247 e. The average molecular weight is 328 g/mol. The molecule has 1 N–H and O–H groups in total. The highest BCUT2D eigenvalue weighted by Gasteiger charge is 2.51. The maximum atomic E-state index is 12.7. The van der Waals surface area contributed by atoms with Crippen molar-refractivity contribution >= 4 is 16.8 Å². The van der Waals surface area contributed by atoms with Gasteiger partial charge in [-0.2, -0.15) is 0 Å². The van der Waals surface area contributed by atoms with Gasteiger partial charge in [-0.25, -0.2) is 0 Å². The first kappa shape index (κ1) is 14.5. The number of nitrogens with zero attached hydrogens (tertiary/aromatic N) is 1. The summed E-state index contributed by atoms with van der Waals surface area (Å²) in [7, 11) is 0. The maximum Gasteiger partial charge on any atom is 0.247 e. The van der Waals surface area contributed by atoms with Crippen LogP contribution in [0.4, 0.5) is 0 Å². The van der Waals surface area contributed by atoms with Crippen LogP contribution in [0.3, 0.4) is 0 Å². The molecule has 3 nitrogen and oxygen atoms in total. The van der Waals surface area contributed by atoms with Crippen molar-refractivity contribution in [2.24, 2.45) is 0 Å². The van der Waals surface area contributed by atoms with E-state index in [1.165, 1.54) is 22.2 Å². The molecule has 0 radical (unpaired) electrons. The topological polar surface area (TPSA) is 36.1 Å². The quantitative estimate of drug-likeness (QED) is 0.760. The fraction of sp³-hybridized carbons (Fsp3) is 0.227. The number of benzene rings is 2. The number of aromatic nitrogens is 1. The van der Waals surface area contributed by atoms with Crippen LogP contribution in [0.25, 0.3) is 10.9 Å². The minimum Gasteiger partial charge on any atom is -0.356 e. The monoisotopic (exact) mass is 328 g/mol. The summed E-state index contributed by atoms with van der Waals surface area (Å²) in [5, 5.41) is 1.29. The molecule has 1 aromatic heterocycles. The fourth-order valence-electron chi connectivity index (χ4n) is 4.67. The molecule has 3 heterocycles. The molecule has 124 valence electrons. The highest BCUT2D eigenvalue weighted by Crippen LogP contribution is 2.48. The van der Waals surface area contributed by atoms with Crippen LogP contribution in [0.5, 0.6) is 0 Å². The number of H-pyrrole nitrogens is 1. The molecule has 2 aliphatic rings. The van der Waals surface area contributed by atoms with Crippen molar-refractivity contribution < 1.29 is 4.79 Å². The normalized spacial score (nSPS) is 22.0. The van der Waals surface area contributed by atoms with E-state index in [1.807, 2.05) is 12.1 Å². The Kier molecular flexibility index (Phi) is 2.96. The first-order chi connectivity index (χ1) is 12.2. The summed E-state index contributed by atoms with van der Waals surface area (Å²) in [6, 6.07) is 19.0. The molecule has 3 heteroatoms. The van der Waals surface area contributed by atoms with Gasteiger partial charge in [0, 0.05) is 29.9 Å². The number of amides is 1. The van der Waals surface area contributed by atoms with Crippen LogP contribution in [0.15, 0.2) is 66.2 Å². The number of para-hydroxylation sites is 1. The second kappa shape index (κ2) is 5.09. The molecule has 0 bridgehead atoms. The predicted molar refractivity (Wildman–Crippen MR) is 99.3 cm³/mol. The first-order valence-corrected chi connectivity index (χ1v) is 8.84. The van der Waals surface area contributed by atoms with Crippen molar-refractivity contribution in [3.8, 4) is 0 Å². The molecule has 2 aliphatic heterocycles. The summed E-state index contributed by atoms with van der Waals surface area (Å²) in [4.78, 5) is 18.4. The molecule has 0 unspecified atom stereocenters. The van der Waals surface area contributed by atoms with Gasteiger partial charge in [-0.1, -0.05) is 48.5 Å². The zero-order chi connectivity index (χ0) is 17.0. The lowest BCUT2D eigenvalue weighted by Crippen LogP contribution is -2.51. The van der Waals surface area contributed by atoms with Gasteiger partial charge in [-0.3, -0.25) is 4.79 Å². The molecule has 25 heavy (non-hydrogen) atoms. The van der Waals surface area contributed by atoms with E-state index in [1.54, 1.807) is 0 Å². The van der Waals surface area contributed by atoms with Gasteiger partial charge in [0.1, 0.15) is 5.54 Å². The van der Waals surface area contributed by atoms with Crippen LogP contribution in [-0.4, -0.2) is 22.3 Å². The Bertz CT molecular complexity index is 1010. The van der Waals surface area contributed by atoms with Crippen molar-refractivity contribution in [1.29, 1.82) is 0 Å². The van der Waals surface area contributed by atoms with E-state index in [2.05, 4.69) is 65.3 Å². The molecule has 0 saturated heterocycles. The summed E-state index contributed by atoms with van der Waals surface area (Å²) in [6.45, 7) is 2.87. The number of hydrogen-bond donors (Lipinski definition) is 1. The second-order valence-electron chi connectivity index (χ2n) is 7.11. The number of carbonyl (C=O) groups excluding carboxylic acids is 1. The van der Waals surface area contributed by atoms with Gasteiger partial charge < -0.3 is 9.88 Å². The molecule has 0 spiro atoms. The third kappa shape index (κ3) is 1.89. The highest BCUT2D eigenvalue weighted by molar-refractivity contribution is 5.95. The molecule has 5 rings (SSSR count). The summed E-state index contributed by atoms with van der Waals surface area (Å²) in [5.74, 6) is 0.137. The van der Waals surface area contributed by atoms with E-state index in [0.717, 1.165) is 30.5 Å². The molecular weight excluding hydrogens is 308 g/mol. The number of fused-ring (bicyclic) bond motifs is 5. The van der Waals surface area contributed by atoms with Crippen molar-refractivity contribution in [1.82, 2.24) is 9.88 Å². The fourth-order valence-corrected chi connectivity index (χ4v) is 4.67. The number of carbonyl (C=O) groups is 1. The molecule has 2 aromatic carbocycles. The van der Waals surface area contributed by atoms with E-state index in [0.29, 0.717) is 0 Å². The van der Waals surface area contributed by atoms with Crippen LogP contribution in [0.1, 0.15) is 23.7 Å². The molecule has 0 fully saturated rings. The Morgan fingerprint density at radius 2 is 1.84 bits per heavy atom. The summed E-state index contributed by atoms with van der Waals surface area (Å²) in [6.07, 6.45) is 3.54. The predicted octanol–water partition coefficient (Wildman–Crippen LogP) is 3.95. The largest absolute Gasteiger partial charge is 0.356 e. The number of nitrogens with one attached hydrogen (secondary N) is 1. The Balaban J connectivity index is 1.77. The van der Waals surface area contributed by atoms with Gasteiger partial charge in [0.25, 0.3) is 0 Å². The minimum atomic E-state index is -0.384. The Morgan fingerprint density at radius 3 is 2.68 bits per heavy atom. The lowest BCUT2D eigenvalue weighted by Gasteiger charge is -2.44. The number of aromatic amines is 1. The molecule has 3 aromatic rings. The molecule has 1 atom stereocenters. The third-order valence-electron chi connectivity index (χ3n) is 5.83. The zero-order valence-corrected chi connectivity index (χ0v) is 14.3. The third-order valence-corrected chi connectivity index (χ3v) is 5.83. The average Bonchev–Trinajstić information content (AvgIpc) is 3.12. The van der Waals surface area contributed by atoms with E-state index in [-0.39, 0.29) is 11.4 Å². The van der Waals surface area contributed by atoms with Crippen LogP contribution in [0, 0.1) is 0 Å². The van der Waals surface area contributed by atoms with Crippen molar-refractivity contribution in [3.63, 3.8) is 0 Å². The van der Waals surface area contributed by atoms with E-state index >= 15 is 0 Å². The summed E-state index contributed by atoms with van der Waals surface area (Å²) < 4.78 is 0. The lowest BCUT2D eigenvalue weighted by atomic mass is 9.77. The minimum absolute atomic E-state index is 0.137. The van der Waals surface area contributed by atoms with Crippen LogP contribution < -0.4 is 0 Å². The van der Waals surface area contributed by atoms with E-state index < -0.39 is 0 Å². The van der Waals surface area contributed by atoms with Crippen molar-refractivity contribution in [2.45, 2.75) is 25.3 Å². The molecule has 1 amide bonds. The first-order valence-electron chi connectivity index (χ1n) is 8.84. The van der Waals surface area contributed by atoms with E-state index in [4.69, 9.17) is 0 Å². The summed E-state index contributed by atoms with van der Waals surface area (Å²) >= 11 is 0. The molecule has 0 aliphatic carbocycles. The molecular formula is C22H20N2O. The maximum absolute atomic E-state index is 12.7. The summed E-state index contributed by atoms with van der Waals surface area (Å²) in [5.41, 5.74) is 5.73. The SMILES string of the molecule is CC1=CC(=O)N2CCc3c([nH]c4ccccc34)[C@]12Cc1ccccc1. The van der Waals surface area contributed by atoms with Gasteiger partial charge in [-0.15, -0.1) is 0 Å². The second-order valence-corrected chi connectivity index (χ2v) is 7.11. The van der Waals surface area contributed by atoms with Crippen LogP contribution >= 0.6 is 0 Å². The van der Waals surface area contributed by atoms with Gasteiger partial charge in [0.15, 0.2) is 0 Å². The standard InChI is InChI=1S/C22H20N2O/c1-15-13-20(25)24-12-11-18-17-9-5-6-10-19(17)23-21(18)22(15,24)14-16-7-3-2-4-8-16/h2-10,13,23H,11-12,14H2,1H3/t22-/m0/s1. The van der Waals surface area contributed by atoms with Gasteiger partial charge in [-0.05, 0) is 36.1 Å². The number of hydrogen-bond acceptors (Lipinski definition) is 1.